The molecule has 0 fully saturated rings. The van der Waals surface area contributed by atoms with Gasteiger partial charge in [-0.25, -0.2) is 0 Å². The highest BCUT2D eigenvalue weighted by Gasteiger charge is 2.18. The molecule has 0 atom stereocenters. The van der Waals surface area contributed by atoms with Gasteiger partial charge in [0.2, 0.25) is 0 Å². The maximum Gasteiger partial charge on any atom is 0.317 e. The summed E-state index contributed by atoms with van der Waals surface area (Å²) in [5, 5.41) is 86.4. The highest BCUT2D eigenvalue weighted by Crippen LogP contribution is 1.94. The highest BCUT2D eigenvalue weighted by molar-refractivity contribution is 5.73. The lowest BCUT2D eigenvalue weighted by atomic mass is 10.4. The van der Waals surface area contributed by atoms with Crippen LogP contribution in [0.25, 0.3) is 0 Å². The second-order valence-electron chi connectivity index (χ2n) is 8.21. The van der Waals surface area contributed by atoms with Gasteiger partial charge in [0.25, 0.3) is 41.8 Å². The van der Waals surface area contributed by atoms with Crippen molar-refractivity contribution in [2.24, 2.45) is 11.5 Å². The van der Waals surface area contributed by atoms with E-state index in [0.29, 0.717) is 13.1 Å². The van der Waals surface area contributed by atoms with Crippen molar-refractivity contribution in [2.45, 2.75) is 48.5 Å². The van der Waals surface area contributed by atoms with Crippen molar-refractivity contribution < 1.29 is 109 Å². The summed E-state index contributed by atoms with van der Waals surface area (Å²) in [6, 6.07) is 0. The second kappa shape index (κ2) is 51.8. The van der Waals surface area contributed by atoms with Crippen LogP contribution in [0.5, 0.6) is 0 Å². The van der Waals surface area contributed by atoms with Gasteiger partial charge in [0.1, 0.15) is 0 Å². The highest BCUT2D eigenvalue weighted by atomic mass is 16.4. The fourth-order valence-electron chi connectivity index (χ4n) is 1.48. The fourth-order valence-corrected chi connectivity index (χ4v) is 1.48. The summed E-state index contributed by atoms with van der Waals surface area (Å²) in [5.41, 5.74) is 9.81. The average Bonchev–Trinajstić information content (AvgIpc) is 2.83. The molecule has 52 heavy (non-hydrogen) atoms. The molecule has 0 amide bonds. The van der Waals surface area contributed by atoms with Crippen molar-refractivity contribution in [2.75, 3.05) is 52.4 Å². The van der Waals surface area contributed by atoms with Gasteiger partial charge in [-0.3, -0.25) is 62.5 Å². The minimum absolute atomic E-state index is 0.0703. The van der Waals surface area contributed by atoms with E-state index < -0.39 is 91.8 Å². The van der Waals surface area contributed by atoms with Gasteiger partial charge < -0.3 is 67.6 Å². The minimum Gasteiger partial charge on any atom is -0.481 e. The molecular weight excluding hydrogens is 720 g/mol. The van der Waals surface area contributed by atoms with Crippen molar-refractivity contribution in [3.63, 3.8) is 0 Å². The Morgan fingerprint density at radius 2 is 0.423 bits per heavy atom. The molecule has 15 N–H and O–H groups in total. The Morgan fingerprint density at radius 3 is 0.481 bits per heavy atom. The summed E-state index contributed by atoms with van der Waals surface area (Å²) in [4.78, 5) is 107. The van der Waals surface area contributed by atoms with E-state index in [-0.39, 0.29) is 13.1 Å². The third-order valence-corrected chi connectivity index (χ3v) is 2.33. The Morgan fingerprint density at radius 1 is 0.327 bits per heavy atom. The van der Waals surface area contributed by atoms with E-state index >= 15 is 0 Å². The van der Waals surface area contributed by atoms with Crippen LogP contribution in [0.4, 0.5) is 0 Å². The molecule has 0 spiro atoms. The summed E-state index contributed by atoms with van der Waals surface area (Å²) >= 11 is 0. The molecule has 0 aliphatic carbocycles. The zero-order valence-corrected chi connectivity index (χ0v) is 29.6. The molecule has 26 heteroatoms. The van der Waals surface area contributed by atoms with E-state index in [1.807, 2.05) is 0 Å². The Labute approximate surface area is 297 Å². The van der Waals surface area contributed by atoms with E-state index in [1.54, 1.807) is 0 Å². The lowest BCUT2D eigenvalue weighted by Crippen LogP contribution is -2.43. The van der Waals surface area contributed by atoms with Crippen molar-refractivity contribution in [3.05, 3.63) is 0 Å². The maximum absolute atomic E-state index is 10.6. The van der Waals surface area contributed by atoms with Crippen LogP contribution in [0.2, 0.25) is 0 Å². The first-order chi connectivity index (χ1) is 23.2. The molecule has 0 aromatic carbocycles. The maximum atomic E-state index is 10.6. The molecule has 0 rings (SSSR count). The van der Waals surface area contributed by atoms with Gasteiger partial charge >= 0.3 is 23.9 Å². The first kappa shape index (κ1) is 68.1. The first-order valence-corrected chi connectivity index (χ1v) is 13.3. The molecule has 0 bridgehead atoms. The van der Waals surface area contributed by atoms with E-state index in [0.717, 1.165) is 58.3 Å². The number of hydrogen-bond acceptors (Lipinski definition) is 15. The third kappa shape index (κ3) is 318. The molecule has 0 saturated heterocycles. The van der Waals surface area contributed by atoms with Crippen LogP contribution in [0.1, 0.15) is 48.5 Å². The van der Waals surface area contributed by atoms with Crippen LogP contribution in [0, 0.1) is 0 Å². The largest absolute Gasteiger partial charge is 0.481 e. The normalized spacial score (nSPS) is 8.06. The number of nitrogens with zero attached hydrogens (tertiary/aromatic N) is 2. The van der Waals surface area contributed by atoms with Crippen molar-refractivity contribution in [1.82, 2.24) is 9.80 Å². The van der Waals surface area contributed by atoms with Crippen LogP contribution in [0.3, 0.4) is 0 Å². The number of carboxylic acid groups (broad SMARTS) is 11. The van der Waals surface area contributed by atoms with E-state index in [4.69, 9.17) is 101 Å². The fraction of sp³-hybridized carbons (Fsp3) is 0.577. The molecule has 308 valence electrons. The smallest absolute Gasteiger partial charge is 0.317 e. The van der Waals surface area contributed by atoms with Gasteiger partial charge in [0, 0.05) is 74.6 Å². The summed E-state index contributed by atoms with van der Waals surface area (Å²) in [5.74, 6) is -10.7. The van der Waals surface area contributed by atoms with Crippen LogP contribution >= 0.6 is 0 Å². The van der Waals surface area contributed by atoms with E-state index in [2.05, 4.69) is 0 Å². The predicted octanol–water partition coefficient (Wildman–Crippen LogP) is -2.53. The van der Waals surface area contributed by atoms with E-state index in [9.17, 15) is 19.2 Å². The number of nitrogens with two attached hydrogens (primary N) is 2. The Hall–Kier alpha value is -5.99. The van der Waals surface area contributed by atoms with Crippen molar-refractivity contribution >= 4 is 65.7 Å². The van der Waals surface area contributed by atoms with Crippen LogP contribution in [-0.4, -0.2) is 184 Å². The average molecular weight is 773 g/mol. The van der Waals surface area contributed by atoms with Gasteiger partial charge in [-0.05, 0) is 0 Å². The van der Waals surface area contributed by atoms with Crippen LogP contribution in [-0.2, 0) is 52.7 Å². The number of rotatable bonds is 12. The zero-order valence-electron chi connectivity index (χ0n) is 29.6. The van der Waals surface area contributed by atoms with Crippen molar-refractivity contribution in [1.29, 1.82) is 0 Å². The lowest BCUT2D eigenvalue weighted by molar-refractivity contribution is -0.145. The van der Waals surface area contributed by atoms with Crippen LogP contribution in [0.15, 0.2) is 0 Å². The van der Waals surface area contributed by atoms with Gasteiger partial charge in [-0.2, -0.15) is 0 Å². The molecule has 0 aliphatic heterocycles. The molecule has 0 aromatic heterocycles. The third-order valence-electron chi connectivity index (χ3n) is 2.33. The predicted molar refractivity (Wildman–Crippen MR) is 175 cm³/mol. The molecule has 0 heterocycles. The molecule has 0 saturated carbocycles. The molecule has 0 aromatic rings. The summed E-state index contributed by atoms with van der Waals surface area (Å²) in [6.07, 6.45) is 0. The van der Waals surface area contributed by atoms with Gasteiger partial charge in [0.05, 0.1) is 26.2 Å². The van der Waals surface area contributed by atoms with Gasteiger partial charge in [0.15, 0.2) is 0 Å². The monoisotopic (exact) mass is 772 g/mol. The molecule has 26 nitrogen and oxygen atoms in total. The zero-order chi connectivity index (χ0) is 44.2. The Kier molecular flexibility index (Phi) is 67.8. The second-order valence-corrected chi connectivity index (χ2v) is 8.21. The standard InChI is InChI=1S/C10H16N2O8.C2H8N2.7C2H4O2/c13-7(14)3-11(4-8(15)16)1-2-12(5-9(17)18)6-10(19)20;3-1-2-4;7*1-2(3)4/h1-6H2,(H,13,14)(H,15,16)(H,17,18)(H,19,20);1-4H2;7*1H3,(H,3,4). The Balaban J connectivity index is -0.0000000672. The number of carboxylic acids is 11. The van der Waals surface area contributed by atoms with Crippen molar-refractivity contribution in [3.8, 4) is 0 Å². The lowest BCUT2D eigenvalue weighted by Gasteiger charge is -2.23. The molecule has 0 aliphatic rings. The quantitative estimate of drug-likeness (QED) is 0.0972. The van der Waals surface area contributed by atoms with Gasteiger partial charge in [-0.1, -0.05) is 0 Å². The van der Waals surface area contributed by atoms with E-state index in [1.165, 1.54) is 0 Å². The number of hydrogen-bond donors (Lipinski definition) is 13. The minimum atomic E-state index is -1.23. The summed E-state index contributed by atoms with van der Waals surface area (Å²) < 4.78 is 0. The topological polar surface area (TPSA) is 469 Å². The van der Waals surface area contributed by atoms with Crippen LogP contribution < -0.4 is 11.5 Å². The van der Waals surface area contributed by atoms with Gasteiger partial charge in [-0.15, -0.1) is 0 Å². The number of aliphatic carboxylic acids is 11. The SMILES string of the molecule is CC(=O)O.CC(=O)O.CC(=O)O.CC(=O)O.CC(=O)O.CC(=O)O.CC(=O)O.NCCN.O=C(O)CN(CCN(CC(=O)O)CC(=O)O)CC(=O)O. The first-order valence-electron chi connectivity index (χ1n) is 13.3. The molecule has 0 unspecified atom stereocenters. The Bertz CT molecular complexity index is 820. The molecule has 0 radical (unpaired) electrons. The summed E-state index contributed by atoms with van der Waals surface area (Å²) in [7, 11) is 0. The number of carbonyl (C=O) groups is 11. The summed E-state index contributed by atoms with van der Waals surface area (Å²) in [6.45, 7) is 6.53. The molecular formula is C26H52N4O22.